The van der Waals surface area contributed by atoms with Crippen LogP contribution in [0.15, 0.2) is 23.2 Å². The maximum Gasteiger partial charge on any atom is 0.387 e. The molecule has 0 bridgehead atoms. The first-order chi connectivity index (χ1) is 14.5. The van der Waals surface area contributed by atoms with Gasteiger partial charge in [0, 0.05) is 38.2 Å². The maximum atomic E-state index is 12.8. The molecule has 0 aromatic heterocycles. The number of guanidine groups is 1. The predicted octanol–water partition coefficient (Wildman–Crippen LogP) is 3.81. The van der Waals surface area contributed by atoms with Crippen LogP contribution >= 0.6 is 24.0 Å². The summed E-state index contributed by atoms with van der Waals surface area (Å²) < 4.78 is 35.7. The van der Waals surface area contributed by atoms with E-state index >= 15 is 0 Å². The Morgan fingerprint density at radius 3 is 2.61 bits per heavy atom. The number of carbonyl (C=O) groups is 1. The van der Waals surface area contributed by atoms with Crippen molar-refractivity contribution in [2.75, 3.05) is 20.2 Å². The number of nitrogens with one attached hydrogen (secondary N) is 3. The highest BCUT2D eigenvalue weighted by molar-refractivity contribution is 14.0. The van der Waals surface area contributed by atoms with Gasteiger partial charge in [0.1, 0.15) is 0 Å². The van der Waals surface area contributed by atoms with Crippen molar-refractivity contribution in [1.29, 1.82) is 0 Å². The number of alkyl halides is 2. The van der Waals surface area contributed by atoms with E-state index in [-0.39, 0.29) is 54.0 Å². The molecule has 0 radical (unpaired) electrons. The molecule has 1 aromatic carbocycles. The van der Waals surface area contributed by atoms with E-state index in [1.54, 1.807) is 32.2 Å². The molecule has 1 aliphatic carbocycles. The van der Waals surface area contributed by atoms with E-state index in [4.69, 9.17) is 4.74 Å². The van der Waals surface area contributed by atoms with E-state index < -0.39 is 6.61 Å². The van der Waals surface area contributed by atoms with Crippen LogP contribution < -0.4 is 25.4 Å². The van der Waals surface area contributed by atoms with Crippen molar-refractivity contribution in [3.8, 4) is 11.5 Å². The number of benzene rings is 1. The Bertz CT molecular complexity index is 701. The fourth-order valence-corrected chi connectivity index (χ4v) is 3.43. The highest BCUT2D eigenvalue weighted by atomic mass is 127. The number of halogens is 3. The molecule has 176 valence electrons. The van der Waals surface area contributed by atoms with Gasteiger partial charge in [0.05, 0.1) is 6.61 Å². The summed E-state index contributed by atoms with van der Waals surface area (Å²) in [6, 6.07) is 5.27. The molecule has 1 fully saturated rings. The third-order valence-electron chi connectivity index (χ3n) is 4.85. The van der Waals surface area contributed by atoms with Crippen LogP contribution in [0.3, 0.4) is 0 Å². The Morgan fingerprint density at radius 2 is 1.97 bits per heavy atom. The molecule has 2 rings (SSSR count). The van der Waals surface area contributed by atoms with Crippen molar-refractivity contribution in [1.82, 2.24) is 16.0 Å². The van der Waals surface area contributed by atoms with Gasteiger partial charge in [-0.15, -0.1) is 24.0 Å². The summed E-state index contributed by atoms with van der Waals surface area (Å²) in [5.74, 6) is 0.746. The van der Waals surface area contributed by atoms with Crippen molar-refractivity contribution in [2.24, 2.45) is 4.99 Å². The van der Waals surface area contributed by atoms with Crippen molar-refractivity contribution < 1.29 is 23.0 Å². The largest absolute Gasteiger partial charge is 0.490 e. The van der Waals surface area contributed by atoms with Crippen molar-refractivity contribution in [2.45, 2.75) is 64.6 Å². The first-order valence-corrected chi connectivity index (χ1v) is 10.5. The normalized spacial score (nSPS) is 14.5. The number of carbonyl (C=O) groups excluding carboxylic acids is 1. The van der Waals surface area contributed by atoms with Crippen LogP contribution in [0, 0.1) is 0 Å². The number of para-hydroxylation sites is 1. The number of hydrogen-bond donors (Lipinski definition) is 3. The molecule has 1 aromatic rings. The minimum Gasteiger partial charge on any atom is -0.490 e. The zero-order valence-electron chi connectivity index (χ0n) is 18.1. The van der Waals surface area contributed by atoms with Crippen molar-refractivity contribution in [3.63, 3.8) is 0 Å². The van der Waals surface area contributed by atoms with Gasteiger partial charge in [-0.1, -0.05) is 31.4 Å². The summed E-state index contributed by atoms with van der Waals surface area (Å²) in [4.78, 5) is 16.2. The summed E-state index contributed by atoms with van der Waals surface area (Å²) in [6.45, 7) is -0.227. The van der Waals surface area contributed by atoms with E-state index in [1.165, 1.54) is 19.3 Å². The summed E-state index contributed by atoms with van der Waals surface area (Å²) in [7, 11) is 1.60. The Labute approximate surface area is 199 Å². The van der Waals surface area contributed by atoms with Gasteiger partial charge in [-0.25, -0.2) is 0 Å². The molecule has 1 aliphatic rings. The molecule has 0 atom stereocenters. The van der Waals surface area contributed by atoms with Crippen molar-refractivity contribution >= 4 is 35.8 Å². The van der Waals surface area contributed by atoms with Gasteiger partial charge in [-0.3, -0.25) is 9.79 Å². The van der Waals surface area contributed by atoms with Crippen LogP contribution in [0.2, 0.25) is 0 Å². The number of nitrogens with zero attached hydrogens (tertiary/aromatic N) is 1. The standard InChI is InChI=1S/C21H32F2N4O3.HI/c1-3-29-17-11-7-8-15(19(17)30-20(22)23)14-26-21(24-2)25-13-12-18(28)27-16-9-5-4-6-10-16;/h7-8,11,16,20H,3-6,9-10,12-14H2,1-2H3,(H,27,28)(H2,24,25,26);1H. The molecule has 1 saturated carbocycles. The van der Waals surface area contributed by atoms with Crippen LogP contribution in [-0.4, -0.2) is 44.7 Å². The Kier molecular flexibility index (Phi) is 13.2. The predicted molar refractivity (Wildman–Crippen MR) is 127 cm³/mol. The molecule has 0 spiro atoms. The zero-order valence-corrected chi connectivity index (χ0v) is 20.4. The fourth-order valence-electron chi connectivity index (χ4n) is 3.43. The van der Waals surface area contributed by atoms with Crippen LogP contribution in [0.4, 0.5) is 8.78 Å². The maximum absolute atomic E-state index is 12.8. The van der Waals surface area contributed by atoms with Gasteiger partial charge in [-0.2, -0.15) is 8.78 Å². The zero-order chi connectivity index (χ0) is 21.8. The minimum atomic E-state index is -2.95. The number of aliphatic imine (C=N–C) groups is 1. The second-order valence-electron chi connectivity index (χ2n) is 7.06. The highest BCUT2D eigenvalue weighted by Crippen LogP contribution is 2.32. The molecule has 7 nitrogen and oxygen atoms in total. The molecule has 3 N–H and O–H groups in total. The SMILES string of the molecule is CCOc1cccc(CNC(=NC)NCCC(=O)NC2CCCCC2)c1OC(F)F.I. The van der Waals surface area contributed by atoms with Gasteiger partial charge in [0.25, 0.3) is 0 Å². The molecule has 1 amide bonds. The quantitative estimate of drug-likeness (QED) is 0.233. The summed E-state index contributed by atoms with van der Waals surface area (Å²) >= 11 is 0. The Hall–Kier alpha value is -1.85. The number of ether oxygens (including phenoxy) is 2. The number of amides is 1. The molecule has 0 saturated heterocycles. The molecule has 0 unspecified atom stereocenters. The van der Waals surface area contributed by atoms with E-state index in [9.17, 15) is 13.6 Å². The van der Waals surface area contributed by atoms with Gasteiger partial charge < -0.3 is 25.4 Å². The second-order valence-corrected chi connectivity index (χ2v) is 7.06. The van der Waals surface area contributed by atoms with Crippen LogP contribution in [0.1, 0.15) is 51.0 Å². The van der Waals surface area contributed by atoms with Gasteiger partial charge >= 0.3 is 6.61 Å². The third kappa shape index (κ3) is 9.88. The summed E-state index contributed by atoms with van der Waals surface area (Å²) in [5, 5.41) is 9.19. The molecule has 31 heavy (non-hydrogen) atoms. The second kappa shape index (κ2) is 15.0. The van der Waals surface area contributed by atoms with Crippen molar-refractivity contribution in [3.05, 3.63) is 23.8 Å². The molecule has 0 aliphatic heterocycles. The smallest absolute Gasteiger partial charge is 0.387 e. The van der Waals surface area contributed by atoms with Crippen LogP contribution in [0.5, 0.6) is 11.5 Å². The average molecular weight is 554 g/mol. The van der Waals surface area contributed by atoms with Gasteiger partial charge in [-0.05, 0) is 25.8 Å². The van der Waals surface area contributed by atoms with E-state index in [0.717, 1.165) is 12.8 Å². The van der Waals surface area contributed by atoms with Gasteiger partial charge in [0.15, 0.2) is 17.5 Å². The van der Waals surface area contributed by atoms with Crippen LogP contribution in [0.25, 0.3) is 0 Å². The minimum absolute atomic E-state index is 0. The number of rotatable bonds is 10. The van der Waals surface area contributed by atoms with E-state index in [0.29, 0.717) is 31.1 Å². The lowest BCUT2D eigenvalue weighted by Crippen LogP contribution is -2.41. The lowest BCUT2D eigenvalue weighted by molar-refractivity contribution is -0.121. The third-order valence-corrected chi connectivity index (χ3v) is 4.85. The Morgan fingerprint density at radius 1 is 1.23 bits per heavy atom. The van der Waals surface area contributed by atoms with E-state index in [1.807, 2.05) is 0 Å². The molecular weight excluding hydrogens is 521 g/mol. The molecule has 0 heterocycles. The molecule has 10 heteroatoms. The lowest BCUT2D eigenvalue weighted by Gasteiger charge is -2.22. The topological polar surface area (TPSA) is 84.0 Å². The fraction of sp³-hybridized carbons (Fsp3) is 0.619. The first kappa shape index (κ1) is 27.2. The highest BCUT2D eigenvalue weighted by Gasteiger charge is 2.17. The molecular formula is C21H33F2IN4O3. The lowest BCUT2D eigenvalue weighted by atomic mass is 9.95. The van der Waals surface area contributed by atoms with E-state index in [2.05, 4.69) is 25.7 Å². The average Bonchev–Trinajstić information content (AvgIpc) is 2.73. The van der Waals surface area contributed by atoms with Gasteiger partial charge in [0.2, 0.25) is 5.91 Å². The Balaban J connectivity index is 0.00000480. The van der Waals surface area contributed by atoms with Crippen LogP contribution in [-0.2, 0) is 11.3 Å². The summed E-state index contributed by atoms with van der Waals surface area (Å²) in [5.41, 5.74) is 0.513. The monoisotopic (exact) mass is 554 g/mol. The summed E-state index contributed by atoms with van der Waals surface area (Å²) in [6.07, 6.45) is 6.01. The number of hydrogen-bond acceptors (Lipinski definition) is 4. The first-order valence-electron chi connectivity index (χ1n) is 10.5.